The molecule has 2 rings (SSSR count). The molecule has 8 heteroatoms. The van der Waals surface area contributed by atoms with Crippen LogP contribution in [0.1, 0.15) is 38.7 Å². The van der Waals surface area contributed by atoms with E-state index in [2.05, 4.69) is 15.6 Å². The largest absolute Gasteiger partial charge is 0.480 e. The van der Waals surface area contributed by atoms with E-state index in [0.717, 1.165) is 0 Å². The van der Waals surface area contributed by atoms with Crippen LogP contribution in [0.4, 0.5) is 10.6 Å². The average Bonchev–Trinajstić information content (AvgIpc) is 2.72. The Kier molecular flexibility index (Phi) is 4.53. The van der Waals surface area contributed by atoms with Gasteiger partial charge >= 0.3 is 12.1 Å². The summed E-state index contributed by atoms with van der Waals surface area (Å²) in [5, 5.41) is 14.2. The van der Waals surface area contributed by atoms with Crippen molar-refractivity contribution in [2.45, 2.75) is 44.8 Å². The third-order valence-corrected chi connectivity index (χ3v) is 3.23. The number of pyridine rings is 1. The van der Waals surface area contributed by atoms with Crippen LogP contribution in [0.2, 0.25) is 0 Å². The van der Waals surface area contributed by atoms with Crippen LogP contribution in [0.25, 0.3) is 0 Å². The third-order valence-electron chi connectivity index (χ3n) is 3.23. The number of carbonyl (C=O) groups excluding carboxylic acids is 2. The number of carboxylic acids is 1. The summed E-state index contributed by atoms with van der Waals surface area (Å²) in [6.07, 6.45) is 0.614. The Morgan fingerprint density at radius 1 is 1.48 bits per heavy atom. The Balaban J connectivity index is 2.10. The first-order chi connectivity index (χ1) is 10.7. The van der Waals surface area contributed by atoms with Crippen LogP contribution in [0.15, 0.2) is 18.3 Å². The number of amides is 2. The van der Waals surface area contributed by atoms with Gasteiger partial charge < -0.3 is 20.5 Å². The van der Waals surface area contributed by atoms with E-state index < -0.39 is 29.6 Å². The highest BCUT2D eigenvalue weighted by Crippen LogP contribution is 2.33. The van der Waals surface area contributed by atoms with E-state index in [1.54, 1.807) is 32.9 Å². The zero-order valence-electron chi connectivity index (χ0n) is 13.1. The number of nitrogens with zero attached hydrogens (tertiary/aromatic N) is 1. The summed E-state index contributed by atoms with van der Waals surface area (Å²) < 4.78 is 5.05. The van der Waals surface area contributed by atoms with Crippen LogP contribution < -0.4 is 10.6 Å². The van der Waals surface area contributed by atoms with Crippen molar-refractivity contribution < 1.29 is 24.2 Å². The van der Waals surface area contributed by atoms with Gasteiger partial charge in [-0.2, -0.15) is 0 Å². The lowest BCUT2D eigenvalue weighted by Gasteiger charge is -2.22. The third kappa shape index (κ3) is 4.18. The maximum Gasteiger partial charge on any atom is 0.408 e. The molecule has 1 unspecified atom stereocenters. The lowest BCUT2D eigenvalue weighted by molar-refractivity contribution is -0.139. The summed E-state index contributed by atoms with van der Waals surface area (Å²) in [5.74, 6) is -1.84. The second-order valence-electron chi connectivity index (χ2n) is 6.26. The van der Waals surface area contributed by atoms with Crippen LogP contribution in [0.3, 0.4) is 0 Å². The van der Waals surface area contributed by atoms with E-state index in [-0.39, 0.29) is 12.3 Å². The second kappa shape index (κ2) is 6.23. The summed E-state index contributed by atoms with van der Waals surface area (Å²) in [6, 6.07) is 2.13. The molecule has 2 heterocycles. The van der Waals surface area contributed by atoms with Crippen LogP contribution in [0.5, 0.6) is 0 Å². The number of fused-ring (bicyclic) bond motifs is 1. The van der Waals surface area contributed by atoms with E-state index >= 15 is 0 Å². The van der Waals surface area contributed by atoms with E-state index in [1.807, 2.05) is 0 Å². The molecule has 0 saturated heterocycles. The fourth-order valence-electron chi connectivity index (χ4n) is 2.29. The normalized spacial score (nSPS) is 17.9. The molecule has 2 atom stereocenters. The van der Waals surface area contributed by atoms with E-state index in [9.17, 15) is 19.5 Å². The van der Waals surface area contributed by atoms with Gasteiger partial charge in [-0.15, -0.1) is 0 Å². The predicted octanol–water partition coefficient (Wildman–Crippen LogP) is 1.49. The number of ether oxygens (including phenoxy) is 1. The van der Waals surface area contributed by atoms with Crippen molar-refractivity contribution in [3.05, 3.63) is 23.9 Å². The molecule has 0 fully saturated rings. The predicted molar refractivity (Wildman–Crippen MR) is 81.0 cm³/mol. The highest BCUT2D eigenvalue weighted by molar-refractivity contribution is 6.02. The minimum absolute atomic E-state index is 0.0842. The van der Waals surface area contributed by atoms with Gasteiger partial charge in [-0.05, 0) is 33.3 Å². The molecule has 0 aliphatic carbocycles. The molecule has 8 nitrogen and oxygen atoms in total. The van der Waals surface area contributed by atoms with E-state index in [0.29, 0.717) is 11.4 Å². The lowest BCUT2D eigenvalue weighted by Crippen LogP contribution is -2.44. The number of hydrogen-bond acceptors (Lipinski definition) is 5. The number of rotatable bonds is 4. The molecule has 0 spiro atoms. The van der Waals surface area contributed by atoms with Gasteiger partial charge in [0.25, 0.3) is 0 Å². The van der Waals surface area contributed by atoms with Gasteiger partial charge in [0.1, 0.15) is 17.5 Å². The van der Waals surface area contributed by atoms with Crippen LogP contribution in [0, 0.1) is 0 Å². The first-order valence-electron chi connectivity index (χ1n) is 7.15. The van der Waals surface area contributed by atoms with Crippen molar-refractivity contribution in [1.29, 1.82) is 0 Å². The van der Waals surface area contributed by atoms with Gasteiger partial charge in [-0.25, -0.2) is 14.6 Å². The summed E-state index contributed by atoms with van der Waals surface area (Å²) in [7, 11) is 0. The zero-order valence-corrected chi connectivity index (χ0v) is 13.1. The number of carboxylic acid groups (broad SMARTS) is 1. The fourth-order valence-corrected chi connectivity index (χ4v) is 2.29. The molecule has 0 saturated carbocycles. The van der Waals surface area contributed by atoms with Gasteiger partial charge in [0, 0.05) is 11.8 Å². The number of anilines is 1. The van der Waals surface area contributed by atoms with Crippen molar-refractivity contribution in [1.82, 2.24) is 10.3 Å². The van der Waals surface area contributed by atoms with Crippen molar-refractivity contribution in [2.75, 3.05) is 5.32 Å². The standard InChI is InChI=1S/C15H19N3O5/c1-15(2,3)23-14(22)17-10(13(20)21)7-9-8-5-4-6-16-11(8)18-12(9)19/h4-6,9-10H,7H2,1-3H3,(H,17,22)(H,20,21)(H,16,18,19)/t9?,10-/m0/s1. The molecule has 23 heavy (non-hydrogen) atoms. The van der Waals surface area contributed by atoms with Gasteiger partial charge in [0.2, 0.25) is 5.91 Å². The Bertz CT molecular complexity index is 638. The maximum absolute atomic E-state index is 12.0. The van der Waals surface area contributed by atoms with Gasteiger partial charge in [-0.1, -0.05) is 6.07 Å². The molecule has 1 aliphatic rings. The summed E-state index contributed by atoms with van der Waals surface area (Å²) in [5.41, 5.74) is -0.122. The Labute approximate surface area is 133 Å². The molecule has 0 bridgehead atoms. The SMILES string of the molecule is CC(C)(C)OC(=O)N[C@@H](CC1C(=O)Nc2ncccc21)C(=O)O. The summed E-state index contributed by atoms with van der Waals surface area (Å²) >= 11 is 0. The summed E-state index contributed by atoms with van der Waals surface area (Å²) in [6.45, 7) is 5.03. The lowest BCUT2D eigenvalue weighted by atomic mass is 9.94. The van der Waals surface area contributed by atoms with Gasteiger partial charge in [0.15, 0.2) is 0 Å². The van der Waals surface area contributed by atoms with Crippen molar-refractivity contribution in [2.24, 2.45) is 0 Å². The first kappa shape index (κ1) is 16.7. The van der Waals surface area contributed by atoms with E-state index in [4.69, 9.17) is 4.74 Å². The second-order valence-corrected chi connectivity index (χ2v) is 6.26. The number of hydrogen-bond donors (Lipinski definition) is 3. The van der Waals surface area contributed by atoms with Crippen molar-refractivity contribution in [3.63, 3.8) is 0 Å². The molecule has 3 N–H and O–H groups in total. The van der Waals surface area contributed by atoms with Crippen LogP contribution in [-0.4, -0.2) is 39.7 Å². The molecule has 0 radical (unpaired) electrons. The Morgan fingerprint density at radius 2 is 2.17 bits per heavy atom. The quantitative estimate of drug-likeness (QED) is 0.773. The first-order valence-corrected chi connectivity index (χ1v) is 7.15. The van der Waals surface area contributed by atoms with Crippen LogP contribution >= 0.6 is 0 Å². The molecule has 0 aromatic carbocycles. The van der Waals surface area contributed by atoms with Gasteiger partial charge in [0.05, 0.1) is 5.92 Å². The molecular weight excluding hydrogens is 302 g/mol. The molecule has 2 amide bonds. The van der Waals surface area contributed by atoms with Crippen LogP contribution in [-0.2, 0) is 14.3 Å². The monoisotopic (exact) mass is 321 g/mol. The summed E-state index contributed by atoms with van der Waals surface area (Å²) in [4.78, 5) is 39.2. The maximum atomic E-state index is 12.0. The minimum atomic E-state index is -1.24. The number of aliphatic carboxylic acids is 1. The number of carbonyl (C=O) groups is 3. The Hall–Kier alpha value is -2.64. The minimum Gasteiger partial charge on any atom is -0.480 e. The molecule has 1 aromatic heterocycles. The molecular formula is C15H19N3O5. The number of aromatic nitrogens is 1. The number of alkyl carbamates (subject to hydrolysis) is 1. The zero-order chi connectivity index (χ0) is 17.2. The molecule has 124 valence electrons. The smallest absolute Gasteiger partial charge is 0.408 e. The fraction of sp³-hybridized carbons (Fsp3) is 0.467. The highest BCUT2D eigenvalue weighted by Gasteiger charge is 2.36. The molecule has 1 aliphatic heterocycles. The van der Waals surface area contributed by atoms with Gasteiger partial charge in [-0.3, -0.25) is 4.79 Å². The Morgan fingerprint density at radius 3 is 2.78 bits per heavy atom. The highest BCUT2D eigenvalue weighted by atomic mass is 16.6. The number of nitrogens with one attached hydrogen (secondary N) is 2. The van der Waals surface area contributed by atoms with Crippen molar-refractivity contribution in [3.8, 4) is 0 Å². The topological polar surface area (TPSA) is 118 Å². The average molecular weight is 321 g/mol. The van der Waals surface area contributed by atoms with E-state index in [1.165, 1.54) is 6.20 Å². The van der Waals surface area contributed by atoms with Crippen molar-refractivity contribution >= 4 is 23.8 Å². The molecule has 1 aromatic rings.